The number of aryl methyl sites for hydroxylation is 1. The number of ether oxygens (including phenoxy) is 1. The van der Waals surface area contributed by atoms with Crippen molar-refractivity contribution in [3.63, 3.8) is 0 Å². The van der Waals surface area contributed by atoms with E-state index in [9.17, 15) is 14.3 Å². The molecule has 2 saturated carbocycles. The van der Waals surface area contributed by atoms with Crippen LogP contribution in [0, 0.1) is 23.6 Å². The van der Waals surface area contributed by atoms with Gasteiger partial charge in [0.25, 0.3) is 0 Å². The van der Waals surface area contributed by atoms with Gasteiger partial charge in [-0.3, -0.25) is 14.0 Å². The van der Waals surface area contributed by atoms with E-state index < -0.39 is 25.8 Å². The average molecular weight is 450 g/mol. The first-order valence-corrected chi connectivity index (χ1v) is 14.8. The zero-order valence-corrected chi connectivity index (χ0v) is 19.7. The van der Waals surface area contributed by atoms with Crippen LogP contribution in [0.4, 0.5) is 4.39 Å². The van der Waals surface area contributed by atoms with E-state index in [1.54, 1.807) is 11.6 Å². The molecule has 2 aromatic heterocycles. The molecule has 0 aliphatic heterocycles. The molecular weight excluding hydrogens is 417 g/mol. The van der Waals surface area contributed by atoms with E-state index in [1.807, 2.05) is 0 Å². The van der Waals surface area contributed by atoms with Crippen molar-refractivity contribution in [2.45, 2.75) is 64.0 Å². The SMILES string of the molecule is Cn1ncc(F)c1-c1nnc(C(C(=O)O)C(C2CC2)C2CC2)n1COCC[Si](C)(C)C. The predicted octanol–water partition coefficient (Wildman–Crippen LogP) is 3.73. The third-order valence-corrected chi connectivity index (χ3v) is 8.07. The fourth-order valence-corrected chi connectivity index (χ4v) is 5.14. The van der Waals surface area contributed by atoms with Crippen molar-refractivity contribution < 1.29 is 19.0 Å². The van der Waals surface area contributed by atoms with E-state index in [0.717, 1.165) is 37.9 Å². The van der Waals surface area contributed by atoms with Crippen molar-refractivity contribution >= 4 is 14.0 Å². The Kier molecular flexibility index (Phi) is 6.04. The van der Waals surface area contributed by atoms with E-state index in [0.29, 0.717) is 24.3 Å². The van der Waals surface area contributed by atoms with Gasteiger partial charge in [0, 0.05) is 21.7 Å². The summed E-state index contributed by atoms with van der Waals surface area (Å²) < 4.78 is 23.5. The number of hydrogen-bond acceptors (Lipinski definition) is 5. The van der Waals surface area contributed by atoms with Gasteiger partial charge in [0.2, 0.25) is 0 Å². The highest BCUT2D eigenvalue weighted by atomic mass is 28.3. The Morgan fingerprint density at radius 1 is 1.26 bits per heavy atom. The molecule has 170 valence electrons. The Balaban J connectivity index is 1.70. The minimum absolute atomic E-state index is 0.0478. The van der Waals surface area contributed by atoms with E-state index in [1.165, 1.54) is 4.68 Å². The summed E-state index contributed by atoms with van der Waals surface area (Å²) in [5, 5.41) is 22.7. The quantitative estimate of drug-likeness (QED) is 0.415. The molecule has 2 aromatic rings. The normalized spacial score (nSPS) is 18.0. The van der Waals surface area contributed by atoms with Gasteiger partial charge in [-0.15, -0.1) is 10.2 Å². The van der Waals surface area contributed by atoms with Gasteiger partial charge in [-0.2, -0.15) is 5.10 Å². The summed E-state index contributed by atoms with van der Waals surface area (Å²) >= 11 is 0. The first kappa shape index (κ1) is 22.1. The standard InChI is InChI=1S/C21H32FN5O3Si/c1-26-18(15(22)11-23-26)20-25-24-19(27(20)12-30-9-10-31(2,3)4)17(21(28)29)16(13-5-6-13)14-7-8-14/h11,13-14,16-17H,5-10,12H2,1-4H3,(H,28,29). The van der Waals surface area contributed by atoms with Gasteiger partial charge in [-0.25, -0.2) is 4.39 Å². The lowest BCUT2D eigenvalue weighted by atomic mass is 9.83. The van der Waals surface area contributed by atoms with Crippen LogP contribution < -0.4 is 0 Å². The summed E-state index contributed by atoms with van der Waals surface area (Å²) in [6.07, 6.45) is 5.39. The minimum atomic E-state index is -1.28. The van der Waals surface area contributed by atoms with Gasteiger partial charge in [-0.05, 0) is 49.5 Å². The first-order chi connectivity index (χ1) is 14.7. The van der Waals surface area contributed by atoms with Crippen LogP contribution in [0.1, 0.15) is 37.4 Å². The van der Waals surface area contributed by atoms with Crippen LogP contribution in [0.25, 0.3) is 11.5 Å². The molecule has 1 N–H and O–H groups in total. The average Bonchev–Trinajstić information content (AvgIpc) is 3.60. The second-order valence-corrected chi connectivity index (χ2v) is 15.8. The molecule has 8 nitrogen and oxygen atoms in total. The van der Waals surface area contributed by atoms with Crippen LogP contribution in [0.5, 0.6) is 0 Å². The summed E-state index contributed by atoms with van der Waals surface area (Å²) in [6.45, 7) is 7.47. The topological polar surface area (TPSA) is 95.1 Å². The molecule has 2 heterocycles. The Hall–Kier alpha value is -2.07. The highest BCUT2D eigenvalue weighted by molar-refractivity contribution is 6.76. The second-order valence-electron chi connectivity index (χ2n) is 10.2. The van der Waals surface area contributed by atoms with Gasteiger partial charge in [0.05, 0.1) is 6.20 Å². The molecule has 1 unspecified atom stereocenters. The Morgan fingerprint density at radius 3 is 2.39 bits per heavy atom. The predicted molar refractivity (Wildman–Crippen MR) is 116 cm³/mol. The minimum Gasteiger partial charge on any atom is -0.481 e. The van der Waals surface area contributed by atoms with Gasteiger partial charge >= 0.3 is 5.97 Å². The molecule has 31 heavy (non-hydrogen) atoms. The van der Waals surface area contributed by atoms with Crippen LogP contribution in [-0.2, 0) is 23.3 Å². The first-order valence-electron chi connectivity index (χ1n) is 11.1. The molecule has 0 radical (unpaired) electrons. The summed E-state index contributed by atoms with van der Waals surface area (Å²) in [5.41, 5.74) is 0.186. The third-order valence-electron chi connectivity index (χ3n) is 6.36. The van der Waals surface area contributed by atoms with Gasteiger partial charge in [-0.1, -0.05) is 19.6 Å². The van der Waals surface area contributed by atoms with Crippen molar-refractivity contribution in [1.82, 2.24) is 24.5 Å². The fraction of sp³-hybridized carbons (Fsp3) is 0.714. The van der Waals surface area contributed by atoms with E-state index >= 15 is 0 Å². The molecule has 2 fully saturated rings. The fourth-order valence-electron chi connectivity index (χ4n) is 4.38. The van der Waals surface area contributed by atoms with E-state index in [-0.39, 0.29) is 24.2 Å². The van der Waals surface area contributed by atoms with Gasteiger partial charge in [0.15, 0.2) is 11.6 Å². The molecule has 0 bridgehead atoms. The molecule has 0 aromatic carbocycles. The third kappa shape index (κ3) is 4.90. The number of aromatic nitrogens is 5. The van der Waals surface area contributed by atoms with Crippen LogP contribution in [0.3, 0.4) is 0 Å². The van der Waals surface area contributed by atoms with Gasteiger partial charge < -0.3 is 9.84 Å². The summed E-state index contributed by atoms with van der Waals surface area (Å²) in [7, 11) is 0.352. The number of carbonyl (C=O) groups is 1. The molecule has 4 rings (SSSR count). The summed E-state index contributed by atoms with van der Waals surface area (Å²) in [4.78, 5) is 12.4. The van der Waals surface area contributed by atoms with E-state index in [2.05, 4.69) is 34.9 Å². The Labute approximate surface area is 182 Å². The zero-order chi connectivity index (χ0) is 22.3. The highest BCUT2D eigenvalue weighted by Gasteiger charge is 2.50. The number of carboxylic acid groups (broad SMARTS) is 1. The molecule has 2 aliphatic rings. The highest BCUT2D eigenvalue weighted by Crippen LogP contribution is 2.54. The van der Waals surface area contributed by atoms with Crippen molar-refractivity contribution in [3.05, 3.63) is 17.8 Å². The molecule has 10 heteroatoms. The van der Waals surface area contributed by atoms with Gasteiger partial charge in [0.1, 0.15) is 24.2 Å². The molecule has 2 aliphatic carbocycles. The maximum atomic E-state index is 14.5. The van der Waals surface area contributed by atoms with Crippen LogP contribution in [0.2, 0.25) is 25.7 Å². The second kappa shape index (κ2) is 8.46. The van der Waals surface area contributed by atoms with Crippen molar-refractivity contribution in [3.8, 4) is 11.5 Å². The summed E-state index contributed by atoms with van der Waals surface area (Å²) in [5.74, 6) is -0.664. The maximum absolute atomic E-state index is 14.5. The molecular formula is C21H32FN5O3Si. The van der Waals surface area contributed by atoms with Crippen molar-refractivity contribution in [1.29, 1.82) is 0 Å². The van der Waals surface area contributed by atoms with Crippen molar-refractivity contribution in [2.75, 3.05) is 6.61 Å². The lowest BCUT2D eigenvalue weighted by molar-refractivity contribution is -0.141. The number of carboxylic acids is 1. The lowest BCUT2D eigenvalue weighted by Gasteiger charge is -2.24. The molecule has 0 amide bonds. The van der Waals surface area contributed by atoms with Crippen LogP contribution >= 0.6 is 0 Å². The Morgan fingerprint density at radius 2 is 1.90 bits per heavy atom. The number of hydrogen-bond donors (Lipinski definition) is 1. The smallest absolute Gasteiger partial charge is 0.314 e. The summed E-state index contributed by atoms with van der Waals surface area (Å²) in [6, 6.07) is 0.981. The number of aliphatic carboxylic acids is 1. The molecule has 0 saturated heterocycles. The number of rotatable bonds is 11. The number of nitrogens with zero attached hydrogens (tertiary/aromatic N) is 5. The lowest BCUT2D eigenvalue weighted by Crippen LogP contribution is -2.29. The van der Waals surface area contributed by atoms with Crippen LogP contribution in [-0.4, -0.2) is 50.3 Å². The van der Waals surface area contributed by atoms with Crippen molar-refractivity contribution in [2.24, 2.45) is 24.8 Å². The monoisotopic (exact) mass is 449 g/mol. The Bertz CT molecular complexity index is 914. The van der Waals surface area contributed by atoms with E-state index in [4.69, 9.17) is 4.74 Å². The van der Waals surface area contributed by atoms with Crippen LogP contribution in [0.15, 0.2) is 6.20 Å². The zero-order valence-electron chi connectivity index (χ0n) is 18.7. The largest absolute Gasteiger partial charge is 0.481 e. The maximum Gasteiger partial charge on any atom is 0.314 e. The molecule has 0 spiro atoms. The number of halogens is 1. The molecule has 1 atom stereocenters.